The Bertz CT molecular complexity index is 428. The van der Waals surface area contributed by atoms with Crippen molar-refractivity contribution in [1.82, 2.24) is 5.32 Å². The number of anilines is 1. The van der Waals surface area contributed by atoms with Crippen molar-refractivity contribution >= 4 is 27.6 Å². The predicted octanol–water partition coefficient (Wildman–Crippen LogP) is 2.51. The van der Waals surface area contributed by atoms with Gasteiger partial charge in [0.15, 0.2) is 0 Å². The average molecular weight is 267 g/mol. The van der Waals surface area contributed by atoms with Crippen molar-refractivity contribution in [3.63, 3.8) is 0 Å². The zero-order valence-corrected chi connectivity index (χ0v) is 9.75. The van der Waals surface area contributed by atoms with Gasteiger partial charge in [-0.15, -0.1) is 0 Å². The van der Waals surface area contributed by atoms with Crippen LogP contribution in [-0.4, -0.2) is 18.1 Å². The fraction of sp³-hybridized carbons (Fsp3) is 0.364. The molecule has 2 aliphatic rings. The SMILES string of the molecule is O=C1NC2(CC2)CN1c1ccccc1Br. The minimum atomic E-state index is 0.0272. The van der Waals surface area contributed by atoms with Crippen LogP contribution in [0.3, 0.4) is 0 Å². The highest BCUT2D eigenvalue weighted by Crippen LogP contribution is 2.42. The zero-order valence-electron chi connectivity index (χ0n) is 8.16. The lowest BCUT2D eigenvalue weighted by Gasteiger charge is -2.16. The lowest BCUT2D eigenvalue weighted by Crippen LogP contribution is -2.29. The van der Waals surface area contributed by atoms with E-state index in [1.54, 1.807) is 0 Å². The van der Waals surface area contributed by atoms with Crippen molar-refractivity contribution < 1.29 is 4.79 Å². The Morgan fingerprint density at radius 3 is 2.67 bits per heavy atom. The highest BCUT2D eigenvalue weighted by atomic mass is 79.9. The summed E-state index contributed by atoms with van der Waals surface area (Å²) in [5.74, 6) is 0. The maximum atomic E-state index is 11.8. The van der Waals surface area contributed by atoms with Gasteiger partial charge < -0.3 is 5.32 Å². The highest BCUT2D eigenvalue weighted by molar-refractivity contribution is 9.10. The quantitative estimate of drug-likeness (QED) is 0.833. The minimum Gasteiger partial charge on any atom is -0.330 e. The lowest BCUT2D eigenvalue weighted by molar-refractivity contribution is 0.250. The maximum absolute atomic E-state index is 11.8. The van der Waals surface area contributed by atoms with Gasteiger partial charge in [-0.25, -0.2) is 4.79 Å². The second-order valence-electron chi connectivity index (χ2n) is 4.25. The van der Waals surface area contributed by atoms with Crippen LogP contribution in [0.15, 0.2) is 28.7 Å². The first-order chi connectivity index (χ1) is 7.20. The Hall–Kier alpha value is -1.03. The molecule has 0 radical (unpaired) electrons. The van der Waals surface area contributed by atoms with Gasteiger partial charge in [-0.1, -0.05) is 12.1 Å². The van der Waals surface area contributed by atoms with Crippen LogP contribution in [-0.2, 0) is 0 Å². The molecule has 1 aliphatic carbocycles. The highest BCUT2D eigenvalue weighted by Gasteiger charge is 2.52. The summed E-state index contributed by atoms with van der Waals surface area (Å²) in [6, 6.07) is 7.85. The molecule has 0 unspecified atom stereocenters. The smallest absolute Gasteiger partial charge is 0.322 e. The number of hydrogen-bond donors (Lipinski definition) is 1. The van der Waals surface area contributed by atoms with Crippen LogP contribution < -0.4 is 10.2 Å². The largest absolute Gasteiger partial charge is 0.330 e. The van der Waals surface area contributed by atoms with Crippen LogP contribution in [0.2, 0.25) is 0 Å². The summed E-state index contributed by atoms with van der Waals surface area (Å²) in [5.41, 5.74) is 1.05. The second-order valence-corrected chi connectivity index (χ2v) is 5.10. The number of nitrogens with one attached hydrogen (secondary N) is 1. The van der Waals surface area contributed by atoms with Crippen molar-refractivity contribution in [2.45, 2.75) is 18.4 Å². The van der Waals surface area contributed by atoms with Gasteiger partial charge in [-0.05, 0) is 40.9 Å². The molecule has 1 spiro atoms. The van der Waals surface area contributed by atoms with E-state index >= 15 is 0 Å². The number of halogens is 1. The van der Waals surface area contributed by atoms with E-state index in [0.29, 0.717) is 0 Å². The Morgan fingerprint density at radius 2 is 2.07 bits per heavy atom. The van der Waals surface area contributed by atoms with Gasteiger partial charge in [0, 0.05) is 4.47 Å². The summed E-state index contributed by atoms with van der Waals surface area (Å²) < 4.78 is 0.970. The van der Waals surface area contributed by atoms with E-state index < -0.39 is 0 Å². The Balaban J connectivity index is 1.95. The topological polar surface area (TPSA) is 32.3 Å². The van der Waals surface area contributed by atoms with E-state index in [1.807, 2.05) is 29.2 Å². The number of nitrogens with zero attached hydrogens (tertiary/aromatic N) is 1. The van der Waals surface area contributed by atoms with Gasteiger partial charge in [-0.2, -0.15) is 0 Å². The lowest BCUT2D eigenvalue weighted by atomic mass is 10.2. The molecular formula is C11H11BrN2O. The number of hydrogen-bond acceptors (Lipinski definition) is 1. The molecule has 15 heavy (non-hydrogen) atoms. The summed E-state index contributed by atoms with van der Waals surface area (Å²) in [6.07, 6.45) is 2.22. The molecule has 3 nitrogen and oxygen atoms in total. The molecule has 4 heteroatoms. The Labute approximate surface area is 96.6 Å². The predicted molar refractivity (Wildman–Crippen MR) is 62.0 cm³/mol. The molecule has 1 saturated heterocycles. The van der Waals surface area contributed by atoms with Crippen LogP contribution >= 0.6 is 15.9 Å². The standard InChI is InChI=1S/C11H11BrN2O/c12-8-3-1-2-4-9(8)14-7-11(5-6-11)13-10(14)15/h1-4H,5-7H2,(H,13,15). The van der Waals surface area contributed by atoms with E-state index in [4.69, 9.17) is 0 Å². The molecule has 0 bridgehead atoms. The second kappa shape index (κ2) is 2.98. The first-order valence-electron chi connectivity index (χ1n) is 5.04. The summed E-state index contributed by atoms with van der Waals surface area (Å²) in [6.45, 7) is 0.800. The van der Waals surface area contributed by atoms with Gasteiger partial charge in [0.05, 0.1) is 17.8 Å². The molecule has 2 fully saturated rings. The Kier molecular flexibility index (Phi) is 1.83. The number of benzene rings is 1. The molecule has 0 atom stereocenters. The molecule has 3 rings (SSSR count). The number of urea groups is 1. The molecular weight excluding hydrogens is 256 g/mol. The third-order valence-corrected chi connectivity index (χ3v) is 3.75. The number of carbonyl (C=O) groups excluding carboxylic acids is 1. The van der Waals surface area contributed by atoms with E-state index in [0.717, 1.165) is 29.5 Å². The van der Waals surface area contributed by atoms with Crippen molar-refractivity contribution in [3.8, 4) is 0 Å². The summed E-state index contributed by atoms with van der Waals surface area (Å²) in [7, 11) is 0. The fourth-order valence-electron chi connectivity index (χ4n) is 2.01. The number of rotatable bonds is 1. The zero-order chi connectivity index (χ0) is 10.5. The molecule has 78 valence electrons. The number of carbonyl (C=O) groups is 1. The molecule has 1 aromatic carbocycles. The van der Waals surface area contributed by atoms with Crippen molar-refractivity contribution in [3.05, 3.63) is 28.7 Å². The molecule has 1 aromatic rings. The first kappa shape index (κ1) is 9.21. The van der Waals surface area contributed by atoms with Crippen LogP contribution in [0.5, 0.6) is 0 Å². The van der Waals surface area contributed by atoms with Crippen LogP contribution in [0.1, 0.15) is 12.8 Å². The third kappa shape index (κ3) is 1.44. The molecule has 1 heterocycles. The summed E-state index contributed by atoms with van der Waals surface area (Å²) in [4.78, 5) is 13.6. The van der Waals surface area contributed by atoms with Gasteiger partial charge in [-0.3, -0.25) is 4.90 Å². The van der Waals surface area contributed by atoms with E-state index in [-0.39, 0.29) is 11.6 Å². The first-order valence-corrected chi connectivity index (χ1v) is 5.84. The normalized spacial score (nSPS) is 21.9. The van der Waals surface area contributed by atoms with Gasteiger partial charge in [0.25, 0.3) is 0 Å². The van der Waals surface area contributed by atoms with Crippen LogP contribution in [0.4, 0.5) is 10.5 Å². The molecule has 1 aliphatic heterocycles. The van der Waals surface area contributed by atoms with Crippen molar-refractivity contribution in [1.29, 1.82) is 0 Å². The molecule has 2 amide bonds. The monoisotopic (exact) mass is 266 g/mol. The summed E-state index contributed by atoms with van der Waals surface area (Å²) >= 11 is 3.47. The van der Waals surface area contributed by atoms with E-state index in [2.05, 4.69) is 21.2 Å². The average Bonchev–Trinajstić information content (AvgIpc) is 2.87. The van der Waals surface area contributed by atoms with Crippen molar-refractivity contribution in [2.75, 3.05) is 11.4 Å². The fourth-order valence-corrected chi connectivity index (χ4v) is 2.51. The minimum absolute atomic E-state index is 0.0272. The van der Waals surface area contributed by atoms with Crippen molar-refractivity contribution in [2.24, 2.45) is 0 Å². The number of para-hydroxylation sites is 1. The number of amides is 2. The molecule has 1 saturated carbocycles. The van der Waals surface area contributed by atoms with Crippen LogP contribution in [0, 0.1) is 0 Å². The third-order valence-electron chi connectivity index (χ3n) is 3.07. The van der Waals surface area contributed by atoms with Gasteiger partial charge in [0.1, 0.15) is 0 Å². The molecule has 0 aromatic heterocycles. The van der Waals surface area contributed by atoms with Crippen LogP contribution in [0.25, 0.3) is 0 Å². The van der Waals surface area contributed by atoms with E-state index in [9.17, 15) is 4.79 Å². The van der Waals surface area contributed by atoms with Gasteiger partial charge >= 0.3 is 6.03 Å². The maximum Gasteiger partial charge on any atom is 0.322 e. The Morgan fingerprint density at radius 1 is 1.33 bits per heavy atom. The van der Waals surface area contributed by atoms with Gasteiger partial charge in [0.2, 0.25) is 0 Å². The summed E-state index contributed by atoms with van der Waals surface area (Å²) in [5, 5.41) is 3.05. The van der Waals surface area contributed by atoms with E-state index in [1.165, 1.54) is 0 Å². The molecule has 1 N–H and O–H groups in total.